The summed E-state index contributed by atoms with van der Waals surface area (Å²) >= 11 is -1.94. The van der Waals surface area contributed by atoms with Crippen LogP contribution in [0.5, 0.6) is 0 Å². The predicted octanol–water partition coefficient (Wildman–Crippen LogP) is 1.39. The molecule has 6 N–H and O–H groups in total. The monoisotopic (exact) mass is 680 g/mol. The van der Waals surface area contributed by atoms with Crippen molar-refractivity contribution < 1.29 is 77.8 Å². The van der Waals surface area contributed by atoms with Gasteiger partial charge in [0.2, 0.25) is 0 Å². The topological polar surface area (TPSA) is 243 Å². The van der Waals surface area contributed by atoms with Crippen LogP contribution in [0.4, 0.5) is 3.52 Å². The van der Waals surface area contributed by atoms with E-state index in [1.165, 1.54) is 30.3 Å². The van der Waals surface area contributed by atoms with E-state index in [9.17, 15) is 52.7 Å². The normalized spacial score (nSPS) is 12.1. The number of carboxylic acids is 5. The van der Waals surface area contributed by atoms with Crippen molar-refractivity contribution in [2.75, 3.05) is 32.7 Å². The fraction of sp³-hybridized carbons (Fsp3) is 0.207. The number of carbonyl (C=O) groups is 5. The number of aliphatic hydroxyl groups excluding tert-OH is 1. The third-order valence-corrected chi connectivity index (χ3v) is 6.99. The van der Waals surface area contributed by atoms with Crippen molar-refractivity contribution in [1.29, 1.82) is 0 Å². The maximum absolute atomic E-state index is 14.0. The van der Waals surface area contributed by atoms with E-state index in [0.29, 0.717) is 0 Å². The van der Waals surface area contributed by atoms with Crippen molar-refractivity contribution in [1.82, 2.24) is 9.80 Å². The number of rotatable bonds is 16. The average molecular weight is 681 g/mol. The third-order valence-electron chi connectivity index (χ3n) is 6.17. The van der Waals surface area contributed by atoms with Crippen LogP contribution in [0.1, 0.15) is 21.7 Å². The molecular formula is C29H25CrFN2O13-. The summed E-state index contributed by atoms with van der Waals surface area (Å²) in [7, 11) is 0. The van der Waals surface area contributed by atoms with Gasteiger partial charge in [0.1, 0.15) is 0 Å². The average Bonchev–Trinajstić information content (AvgIpc) is 2.94. The van der Waals surface area contributed by atoms with Crippen LogP contribution in [0.15, 0.2) is 51.4 Å². The Labute approximate surface area is 264 Å². The SMILES string of the molecule is O=C(O)CN(CC(=O)O)C[C](=[Cr][F])/C(O)=C\c1[c-]c(-c2ccccc2C(=O)O)c2cc(CN(CC(=O)O)CC(=O)O)c(=O)cc-2o1. The van der Waals surface area contributed by atoms with E-state index in [1.807, 2.05) is 0 Å². The van der Waals surface area contributed by atoms with E-state index in [0.717, 1.165) is 21.9 Å². The summed E-state index contributed by atoms with van der Waals surface area (Å²) in [6.45, 7) is -3.93. The molecule has 1 aliphatic heterocycles. The number of aliphatic carboxylic acids is 4. The Morgan fingerprint density at radius 2 is 1.37 bits per heavy atom. The van der Waals surface area contributed by atoms with Gasteiger partial charge in [-0.2, -0.15) is 0 Å². The summed E-state index contributed by atoms with van der Waals surface area (Å²) in [5, 5.41) is 57.1. The van der Waals surface area contributed by atoms with Gasteiger partial charge in [0.15, 0.2) is 0 Å². The van der Waals surface area contributed by atoms with Gasteiger partial charge >= 0.3 is 245 Å². The molecule has 243 valence electrons. The van der Waals surface area contributed by atoms with Gasteiger partial charge in [-0.1, -0.05) is 0 Å². The molecule has 0 atom stereocenters. The molecule has 0 bridgehead atoms. The minimum atomic E-state index is -1.94. The number of halogens is 1. The second kappa shape index (κ2) is 15.7. The first kappa shape index (κ1) is 35.3. The molecule has 17 heteroatoms. The summed E-state index contributed by atoms with van der Waals surface area (Å²) < 4.78 is 19.4. The number of carboxylic acid groups (broad SMARTS) is 5. The van der Waals surface area contributed by atoms with Crippen LogP contribution in [-0.4, -0.2) is 107 Å². The Kier molecular flexibility index (Phi) is 12.0. The van der Waals surface area contributed by atoms with E-state index in [-0.39, 0.29) is 43.7 Å². The van der Waals surface area contributed by atoms with Gasteiger partial charge in [0.25, 0.3) is 0 Å². The molecule has 1 aromatic rings. The van der Waals surface area contributed by atoms with Gasteiger partial charge in [-0.15, -0.1) is 0 Å². The van der Waals surface area contributed by atoms with Gasteiger partial charge in [-0.05, 0) is 0 Å². The molecular weight excluding hydrogens is 655 g/mol. The summed E-state index contributed by atoms with van der Waals surface area (Å²) in [5.41, 5.74) is -0.722. The summed E-state index contributed by atoms with van der Waals surface area (Å²) in [5.74, 6) is -8.04. The molecule has 2 aliphatic rings. The van der Waals surface area contributed by atoms with E-state index < -0.39 is 95.5 Å². The number of nitrogens with zero attached hydrogens (tertiary/aromatic N) is 2. The van der Waals surface area contributed by atoms with Crippen LogP contribution in [0.3, 0.4) is 0 Å². The molecule has 0 aromatic heterocycles. The Hall–Kier alpha value is -5.21. The van der Waals surface area contributed by atoms with E-state index in [2.05, 4.69) is 6.07 Å². The van der Waals surface area contributed by atoms with Crippen molar-refractivity contribution in [3.8, 4) is 22.5 Å². The van der Waals surface area contributed by atoms with Gasteiger partial charge in [0, 0.05) is 0 Å². The first-order valence-electron chi connectivity index (χ1n) is 12.9. The predicted molar refractivity (Wildman–Crippen MR) is 152 cm³/mol. The molecule has 0 radical (unpaired) electrons. The third kappa shape index (κ3) is 9.65. The first-order valence-corrected chi connectivity index (χ1v) is 14.0. The Bertz CT molecular complexity index is 1740. The quantitative estimate of drug-likeness (QED) is 0.0925. The molecule has 15 nitrogen and oxygen atoms in total. The Balaban J connectivity index is 2.20. The van der Waals surface area contributed by atoms with E-state index in [1.54, 1.807) is 0 Å². The number of aliphatic hydroxyl groups is 1. The van der Waals surface area contributed by atoms with Crippen molar-refractivity contribution in [2.45, 2.75) is 6.54 Å². The molecule has 46 heavy (non-hydrogen) atoms. The van der Waals surface area contributed by atoms with Crippen LogP contribution < -0.4 is 5.43 Å². The summed E-state index contributed by atoms with van der Waals surface area (Å²) in [6.07, 6.45) is 0.891. The number of fused-ring (bicyclic) bond motifs is 1. The zero-order valence-corrected chi connectivity index (χ0v) is 24.8. The second-order valence-electron chi connectivity index (χ2n) is 9.67. The van der Waals surface area contributed by atoms with Crippen molar-refractivity contribution in [3.63, 3.8) is 0 Å². The Morgan fingerprint density at radius 3 is 1.91 bits per heavy atom. The van der Waals surface area contributed by atoms with Gasteiger partial charge in [0.05, 0.1) is 0 Å². The maximum atomic E-state index is 14.0. The molecule has 3 rings (SSSR count). The van der Waals surface area contributed by atoms with E-state index in [4.69, 9.17) is 14.6 Å². The number of hydrogen-bond donors (Lipinski definition) is 6. The molecule has 0 fully saturated rings. The fourth-order valence-electron chi connectivity index (χ4n) is 4.40. The van der Waals surface area contributed by atoms with Crippen molar-refractivity contribution in [2.24, 2.45) is 0 Å². The van der Waals surface area contributed by atoms with Crippen LogP contribution in [0, 0.1) is 6.07 Å². The number of aromatic carboxylic acids is 1. The summed E-state index contributed by atoms with van der Waals surface area (Å²) in [4.78, 5) is 71.8. The fourth-order valence-corrected chi connectivity index (χ4v) is 4.98. The number of benzene rings is 2. The Morgan fingerprint density at radius 1 is 0.804 bits per heavy atom. The molecule has 0 unspecified atom stereocenters. The van der Waals surface area contributed by atoms with Crippen LogP contribution >= 0.6 is 0 Å². The molecule has 0 spiro atoms. The molecule has 1 aliphatic carbocycles. The molecule has 0 saturated carbocycles. The summed E-state index contributed by atoms with van der Waals surface area (Å²) in [6, 6.07) is 10.7. The minimum absolute atomic E-state index is 0.0354. The van der Waals surface area contributed by atoms with E-state index >= 15 is 0 Å². The zero-order chi connectivity index (χ0) is 34.1. The molecule has 0 amide bonds. The first-order chi connectivity index (χ1) is 21.7. The van der Waals surface area contributed by atoms with Crippen molar-refractivity contribution >= 4 is 40.3 Å². The van der Waals surface area contributed by atoms with Crippen molar-refractivity contribution in [3.05, 3.63) is 75.3 Å². The van der Waals surface area contributed by atoms with Crippen LogP contribution in [0.25, 0.3) is 28.5 Å². The van der Waals surface area contributed by atoms with Gasteiger partial charge < -0.3 is 10.2 Å². The molecule has 1 heterocycles. The molecule has 0 saturated heterocycles. The molecule has 1 aromatic carbocycles. The zero-order valence-electron chi connectivity index (χ0n) is 23.5. The second-order valence-corrected chi connectivity index (χ2v) is 10.7. The van der Waals surface area contributed by atoms with Gasteiger partial charge in [-0.3, -0.25) is 9.59 Å². The number of hydrogen-bond acceptors (Lipinski definition) is 10. The van der Waals surface area contributed by atoms with Gasteiger partial charge in [-0.25, -0.2) is 0 Å². The van der Waals surface area contributed by atoms with Crippen LogP contribution in [0.2, 0.25) is 0 Å². The standard InChI is InChI=1S/C29H25N2O13.Cr.FH/c32-17(5-6-30(12-25(34)35)13-26(36)37)8-18-9-21(19-3-1-2-4-20(19)29(42)43)22-7-16(23(33)10-24(22)44-18)11-31(14-27(38)39)15-28(40)41;;/h1-4,7-8,10,32H,6,11-15H2,(H,34,35)(H,36,37)(H,38,39)(H,40,41)(H,42,43);;1H/q-1;+1;/p-1/b17-8+;;. The van der Waals surface area contributed by atoms with Crippen LogP contribution in [-0.2, 0) is 41.0 Å².